The Bertz CT molecular complexity index is 831. The third-order valence-corrected chi connectivity index (χ3v) is 7.45. The summed E-state index contributed by atoms with van der Waals surface area (Å²) in [4.78, 5) is 34.7. The van der Waals surface area contributed by atoms with Crippen LogP contribution in [-0.4, -0.2) is 52.8 Å². The van der Waals surface area contributed by atoms with Crippen molar-refractivity contribution in [2.24, 2.45) is 11.3 Å². The minimum absolute atomic E-state index is 0.0321. The fourth-order valence-electron chi connectivity index (χ4n) is 4.83. The molecule has 3 aliphatic rings. The molecule has 4 heterocycles. The summed E-state index contributed by atoms with van der Waals surface area (Å²) in [6.45, 7) is 2.64. The summed E-state index contributed by atoms with van der Waals surface area (Å²) >= 11 is 1.58. The van der Waals surface area contributed by atoms with Crippen molar-refractivity contribution in [1.82, 2.24) is 14.8 Å². The van der Waals surface area contributed by atoms with Crippen molar-refractivity contribution in [3.05, 3.63) is 40.7 Å². The van der Waals surface area contributed by atoms with Crippen molar-refractivity contribution in [2.75, 3.05) is 26.2 Å². The van der Waals surface area contributed by atoms with E-state index >= 15 is 0 Å². The van der Waals surface area contributed by atoms with Gasteiger partial charge < -0.3 is 14.2 Å². The van der Waals surface area contributed by atoms with Crippen molar-refractivity contribution in [1.29, 1.82) is 0 Å². The van der Waals surface area contributed by atoms with Crippen LogP contribution in [0.5, 0.6) is 0 Å². The molecule has 7 heteroatoms. The Hall–Kier alpha value is -2.15. The Morgan fingerprint density at radius 2 is 2.30 bits per heavy atom. The lowest BCUT2D eigenvalue weighted by atomic mass is 9.76. The summed E-state index contributed by atoms with van der Waals surface area (Å²) < 4.78 is 5.31. The van der Waals surface area contributed by atoms with Gasteiger partial charge in [-0.25, -0.2) is 4.98 Å². The summed E-state index contributed by atoms with van der Waals surface area (Å²) in [5.41, 5.74) is -0.538. The van der Waals surface area contributed by atoms with E-state index in [1.165, 1.54) is 25.5 Å². The van der Waals surface area contributed by atoms with Crippen LogP contribution in [0.3, 0.4) is 0 Å². The van der Waals surface area contributed by atoms with Crippen LogP contribution in [-0.2, 0) is 4.79 Å². The molecule has 5 rings (SSSR count). The summed E-state index contributed by atoms with van der Waals surface area (Å²) in [6.07, 6.45) is 7.84. The highest BCUT2D eigenvalue weighted by atomic mass is 32.1. The molecule has 1 spiro atoms. The van der Waals surface area contributed by atoms with Gasteiger partial charge in [0.15, 0.2) is 5.76 Å². The first-order valence-corrected chi connectivity index (χ1v) is 10.6. The van der Waals surface area contributed by atoms with Gasteiger partial charge in [0.05, 0.1) is 16.7 Å². The van der Waals surface area contributed by atoms with Crippen molar-refractivity contribution in [3.8, 4) is 0 Å². The van der Waals surface area contributed by atoms with Crippen LogP contribution in [0.1, 0.15) is 47.2 Å². The molecule has 6 nitrogen and oxygen atoms in total. The number of likely N-dealkylation sites (tertiary alicyclic amines) is 2. The van der Waals surface area contributed by atoms with Crippen molar-refractivity contribution in [3.63, 3.8) is 0 Å². The summed E-state index contributed by atoms with van der Waals surface area (Å²) in [7, 11) is 0. The number of aromatic nitrogens is 1. The lowest BCUT2D eigenvalue weighted by molar-refractivity contribution is -0.136. The second-order valence-electron chi connectivity index (χ2n) is 8.04. The third kappa shape index (κ3) is 2.71. The molecule has 0 bridgehead atoms. The third-order valence-electron chi connectivity index (χ3n) is 6.56. The zero-order chi connectivity index (χ0) is 18.4. The van der Waals surface area contributed by atoms with Gasteiger partial charge >= 0.3 is 0 Å². The first-order chi connectivity index (χ1) is 13.2. The van der Waals surface area contributed by atoms with Gasteiger partial charge in [-0.2, -0.15) is 0 Å². The maximum atomic E-state index is 13.5. The lowest BCUT2D eigenvalue weighted by Gasteiger charge is -2.32. The molecule has 0 N–H and O–H groups in total. The van der Waals surface area contributed by atoms with Crippen molar-refractivity contribution in [2.45, 2.75) is 31.6 Å². The van der Waals surface area contributed by atoms with Gasteiger partial charge in [0.2, 0.25) is 5.91 Å². The second-order valence-corrected chi connectivity index (χ2v) is 8.97. The minimum atomic E-state index is -0.538. The highest BCUT2D eigenvalue weighted by molar-refractivity contribution is 7.09. The molecular weight excluding hydrogens is 362 g/mol. The second kappa shape index (κ2) is 6.48. The predicted octanol–water partition coefficient (Wildman–Crippen LogP) is 2.99. The predicted molar refractivity (Wildman–Crippen MR) is 100 cm³/mol. The van der Waals surface area contributed by atoms with E-state index in [0.29, 0.717) is 24.8 Å². The van der Waals surface area contributed by atoms with Gasteiger partial charge in [0.25, 0.3) is 5.91 Å². The highest BCUT2D eigenvalue weighted by Crippen LogP contribution is 2.51. The quantitative estimate of drug-likeness (QED) is 0.811. The fraction of sp³-hybridized carbons (Fsp3) is 0.550. The Balaban J connectivity index is 1.43. The maximum absolute atomic E-state index is 13.5. The topological polar surface area (TPSA) is 66.7 Å². The summed E-state index contributed by atoms with van der Waals surface area (Å²) in [5.74, 6) is 1.04. The van der Waals surface area contributed by atoms with E-state index < -0.39 is 5.41 Å². The van der Waals surface area contributed by atoms with Crippen LogP contribution < -0.4 is 0 Å². The number of furan rings is 1. The zero-order valence-corrected chi connectivity index (χ0v) is 16.0. The molecule has 2 amide bonds. The van der Waals surface area contributed by atoms with Gasteiger partial charge in [-0.3, -0.25) is 9.59 Å². The highest BCUT2D eigenvalue weighted by Gasteiger charge is 2.59. The lowest BCUT2D eigenvalue weighted by Crippen LogP contribution is -2.42. The standard InChI is InChI=1S/C20H23N3O3S/c24-18(16-5-2-9-26-16)23-12-15(17-21-7-10-27-17)20(13-23)6-8-22(19(20)25)11-14-3-1-4-14/h2,5,7,9-10,14-15H,1,3-4,6,8,11-13H2/t15-,20+/m0/s1. The maximum Gasteiger partial charge on any atom is 0.289 e. The number of nitrogens with zero attached hydrogens (tertiary/aromatic N) is 3. The monoisotopic (exact) mass is 385 g/mol. The molecule has 2 aromatic rings. The molecule has 1 aliphatic carbocycles. The summed E-state index contributed by atoms with van der Waals surface area (Å²) in [6, 6.07) is 3.41. The largest absolute Gasteiger partial charge is 0.459 e. The number of carbonyl (C=O) groups is 2. The fourth-order valence-corrected chi connectivity index (χ4v) is 5.68. The Morgan fingerprint density at radius 3 is 2.96 bits per heavy atom. The van der Waals surface area contributed by atoms with Crippen LogP contribution >= 0.6 is 11.3 Å². The van der Waals surface area contributed by atoms with Crippen LogP contribution in [0.25, 0.3) is 0 Å². The normalized spacial score (nSPS) is 28.3. The van der Waals surface area contributed by atoms with Gasteiger partial charge in [-0.05, 0) is 37.3 Å². The average molecular weight is 385 g/mol. The van der Waals surface area contributed by atoms with Gasteiger partial charge in [-0.1, -0.05) is 6.42 Å². The van der Waals surface area contributed by atoms with Crippen LogP contribution in [0.2, 0.25) is 0 Å². The number of hydrogen-bond donors (Lipinski definition) is 0. The Labute approximate surface area is 162 Å². The molecule has 1 saturated carbocycles. The molecule has 2 aliphatic heterocycles. The van der Waals surface area contributed by atoms with E-state index in [1.807, 2.05) is 10.3 Å². The van der Waals surface area contributed by atoms with Crippen molar-refractivity contribution < 1.29 is 14.0 Å². The zero-order valence-electron chi connectivity index (χ0n) is 15.2. The van der Waals surface area contributed by atoms with E-state index in [-0.39, 0.29) is 17.7 Å². The van der Waals surface area contributed by atoms with Gasteiger partial charge in [-0.15, -0.1) is 11.3 Å². The van der Waals surface area contributed by atoms with E-state index in [2.05, 4.69) is 4.98 Å². The van der Waals surface area contributed by atoms with E-state index in [4.69, 9.17) is 4.42 Å². The molecule has 3 fully saturated rings. The molecule has 2 aromatic heterocycles. The SMILES string of the molecule is O=C(c1ccco1)N1C[C@@H](c2nccs2)[C@@]2(CCN(CC3CCC3)C2=O)C1. The summed E-state index contributed by atoms with van der Waals surface area (Å²) in [5, 5.41) is 2.91. The first kappa shape index (κ1) is 17.0. The van der Waals surface area contributed by atoms with E-state index in [1.54, 1.807) is 34.6 Å². The molecule has 0 radical (unpaired) electrons. The first-order valence-electron chi connectivity index (χ1n) is 9.69. The van der Waals surface area contributed by atoms with E-state index in [0.717, 1.165) is 24.5 Å². The smallest absolute Gasteiger partial charge is 0.289 e. The molecule has 2 saturated heterocycles. The van der Waals surface area contributed by atoms with Gasteiger partial charge in [0.1, 0.15) is 0 Å². The molecule has 27 heavy (non-hydrogen) atoms. The molecule has 2 atom stereocenters. The van der Waals surface area contributed by atoms with Gasteiger partial charge in [0, 0.05) is 43.7 Å². The van der Waals surface area contributed by atoms with Crippen LogP contribution in [0.15, 0.2) is 34.4 Å². The van der Waals surface area contributed by atoms with Crippen LogP contribution in [0, 0.1) is 11.3 Å². The number of rotatable bonds is 4. The Kier molecular flexibility index (Phi) is 4.07. The van der Waals surface area contributed by atoms with Crippen molar-refractivity contribution >= 4 is 23.2 Å². The van der Waals surface area contributed by atoms with E-state index in [9.17, 15) is 9.59 Å². The number of amides is 2. The molecular formula is C20H23N3O3S. The number of thiazole rings is 1. The minimum Gasteiger partial charge on any atom is -0.459 e. The van der Waals surface area contributed by atoms with Crippen LogP contribution in [0.4, 0.5) is 0 Å². The Morgan fingerprint density at radius 1 is 1.41 bits per heavy atom. The molecule has 142 valence electrons. The number of hydrogen-bond acceptors (Lipinski definition) is 5. The number of carbonyl (C=O) groups excluding carboxylic acids is 2. The molecule has 0 unspecified atom stereocenters. The molecule has 0 aromatic carbocycles. The average Bonchev–Trinajstić information content (AvgIpc) is 3.42.